The van der Waals surface area contributed by atoms with Crippen molar-refractivity contribution in [1.82, 2.24) is 5.32 Å². The van der Waals surface area contributed by atoms with Gasteiger partial charge < -0.3 is 5.32 Å². The van der Waals surface area contributed by atoms with Gasteiger partial charge in [0, 0.05) is 17.3 Å². The molecule has 0 unspecified atom stereocenters. The molecule has 1 fully saturated rings. The van der Waals surface area contributed by atoms with E-state index in [9.17, 15) is 4.79 Å². The molecular weight excluding hydrogens is 242 g/mol. The monoisotopic (exact) mass is 261 g/mol. The summed E-state index contributed by atoms with van der Waals surface area (Å²) >= 11 is 3.40. The minimum Gasteiger partial charge on any atom is -0.350 e. The Morgan fingerprint density at radius 2 is 2.00 bits per heavy atom. The Morgan fingerprint density at radius 1 is 1.43 bits per heavy atom. The average Bonchev–Trinajstić information content (AvgIpc) is 2.55. The van der Waals surface area contributed by atoms with E-state index < -0.39 is 0 Å². The molecule has 0 heterocycles. The van der Waals surface area contributed by atoms with Gasteiger partial charge >= 0.3 is 0 Å². The van der Waals surface area contributed by atoms with Gasteiger partial charge in [-0.15, -0.1) is 0 Å². The Bertz CT molecular complexity index is 197. The minimum absolute atomic E-state index is 0.115. The Balaban J connectivity index is 2.27. The number of nitrogens with one attached hydrogen (secondary N) is 1. The summed E-state index contributed by atoms with van der Waals surface area (Å²) in [4.78, 5) is 11.6. The highest BCUT2D eigenvalue weighted by molar-refractivity contribution is 9.09. The van der Waals surface area contributed by atoms with Crippen molar-refractivity contribution < 1.29 is 4.79 Å². The van der Waals surface area contributed by atoms with E-state index in [0.29, 0.717) is 5.92 Å². The molecule has 0 aliphatic heterocycles. The third-order valence-electron chi connectivity index (χ3n) is 2.76. The van der Waals surface area contributed by atoms with E-state index in [1.807, 2.05) is 13.8 Å². The fraction of sp³-hybridized carbons (Fsp3) is 0.909. The zero-order chi connectivity index (χ0) is 10.6. The highest BCUT2D eigenvalue weighted by Crippen LogP contribution is 2.27. The van der Waals surface area contributed by atoms with Gasteiger partial charge in [0.15, 0.2) is 0 Å². The molecule has 1 aliphatic rings. The molecule has 1 aliphatic carbocycles. The van der Waals surface area contributed by atoms with Crippen molar-refractivity contribution in [1.29, 1.82) is 0 Å². The molecular formula is C11H20BrNO. The Hall–Kier alpha value is -0.0500. The SMILES string of the molecule is CC(C)(CBr)NC(=O)CC1CCCC1. The van der Waals surface area contributed by atoms with Crippen molar-refractivity contribution in [3.05, 3.63) is 0 Å². The zero-order valence-corrected chi connectivity index (χ0v) is 10.7. The number of hydrogen-bond donors (Lipinski definition) is 1. The third-order valence-corrected chi connectivity index (χ3v) is 4.16. The van der Waals surface area contributed by atoms with Crippen LogP contribution in [0.3, 0.4) is 0 Å². The molecule has 14 heavy (non-hydrogen) atoms. The van der Waals surface area contributed by atoms with Crippen molar-refractivity contribution in [3.8, 4) is 0 Å². The first-order chi connectivity index (χ1) is 6.53. The van der Waals surface area contributed by atoms with Crippen LogP contribution >= 0.6 is 15.9 Å². The maximum Gasteiger partial charge on any atom is 0.220 e. The van der Waals surface area contributed by atoms with Crippen molar-refractivity contribution in [2.45, 2.75) is 51.5 Å². The summed E-state index contributed by atoms with van der Waals surface area (Å²) in [6.45, 7) is 4.07. The Morgan fingerprint density at radius 3 is 2.50 bits per heavy atom. The van der Waals surface area contributed by atoms with Gasteiger partial charge in [-0.1, -0.05) is 28.8 Å². The topological polar surface area (TPSA) is 29.1 Å². The largest absolute Gasteiger partial charge is 0.350 e. The first kappa shape index (κ1) is 12.0. The summed E-state index contributed by atoms with van der Waals surface area (Å²) in [5.74, 6) is 0.850. The zero-order valence-electron chi connectivity index (χ0n) is 9.11. The van der Waals surface area contributed by atoms with Gasteiger partial charge in [-0.3, -0.25) is 4.79 Å². The smallest absolute Gasteiger partial charge is 0.220 e. The van der Waals surface area contributed by atoms with Gasteiger partial charge in [0.1, 0.15) is 0 Å². The lowest BCUT2D eigenvalue weighted by molar-refractivity contribution is -0.123. The number of carbonyl (C=O) groups is 1. The number of carbonyl (C=O) groups excluding carboxylic acids is 1. The molecule has 82 valence electrons. The van der Waals surface area contributed by atoms with Crippen molar-refractivity contribution in [2.24, 2.45) is 5.92 Å². The molecule has 0 saturated heterocycles. The maximum absolute atomic E-state index is 11.6. The number of alkyl halides is 1. The first-order valence-corrected chi connectivity index (χ1v) is 6.52. The number of hydrogen-bond acceptors (Lipinski definition) is 1. The van der Waals surface area contributed by atoms with E-state index in [1.165, 1.54) is 25.7 Å². The van der Waals surface area contributed by atoms with Crippen LogP contribution in [0.25, 0.3) is 0 Å². The fourth-order valence-corrected chi connectivity index (χ4v) is 2.08. The lowest BCUT2D eigenvalue weighted by atomic mass is 10.0. The lowest BCUT2D eigenvalue weighted by Crippen LogP contribution is -2.45. The minimum atomic E-state index is -0.115. The highest BCUT2D eigenvalue weighted by Gasteiger charge is 2.22. The van der Waals surface area contributed by atoms with E-state index in [2.05, 4.69) is 21.2 Å². The van der Waals surface area contributed by atoms with Crippen LogP contribution < -0.4 is 5.32 Å². The van der Waals surface area contributed by atoms with Gasteiger partial charge in [0.25, 0.3) is 0 Å². The predicted octanol–water partition coefficient (Wildman–Crippen LogP) is 2.86. The fourth-order valence-electron chi connectivity index (χ4n) is 1.94. The van der Waals surface area contributed by atoms with Crippen LogP contribution in [0.4, 0.5) is 0 Å². The summed E-state index contributed by atoms with van der Waals surface area (Å²) in [5.41, 5.74) is -0.115. The number of amides is 1. The van der Waals surface area contributed by atoms with Crippen LogP contribution in [0, 0.1) is 5.92 Å². The number of rotatable bonds is 4. The van der Waals surface area contributed by atoms with Crippen molar-refractivity contribution in [2.75, 3.05) is 5.33 Å². The predicted molar refractivity (Wildman–Crippen MR) is 62.6 cm³/mol. The normalized spacial score (nSPS) is 18.5. The molecule has 0 aromatic carbocycles. The molecule has 0 aromatic heterocycles. The van der Waals surface area contributed by atoms with E-state index in [-0.39, 0.29) is 11.4 Å². The van der Waals surface area contributed by atoms with Gasteiger partial charge in [0.2, 0.25) is 5.91 Å². The van der Waals surface area contributed by atoms with Crippen LogP contribution in [-0.4, -0.2) is 16.8 Å². The Labute approximate surface area is 95.0 Å². The van der Waals surface area contributed by atoms with Gasteiger partial charge in [0.05, 0.1) is 0 Å². The summed E-state index contributed by atoms with van der Waals surface area (Å²) < 4.78 is 0. The summed E-state index contributed by atoms with van der Waals surface area (Å²) in [7, 11) is 0. The summed E-state index contributed by atoms with van der Waals surface area (Å²) in [5, 5.41) is 3.85. The van der Waals surface area contributed by atoms with E-state index in [4.69, 9.17) is 0 Å². The molecule has 0 spiro atoms. The van der Waals surface area contributed by atoms with E-state index in [1.54, 1.807) is 0 Å². The molecule has 1 N–H and O–H groups in total. The van der Waals surface area contributed by atoms with E-state index in [0.717, 1.165) is 11.8 Å². The molecule has 0 aromatic rings. The second-order valence-electron chi connectivity index (χ2n) is 4.92. The molecule has 1 rings (SSSR count). The molecule has 0 bridgehead atoms. The van der Waals surface area contributed by atoms with Gasteiger partial charge in [-0.05, 0) is 32.6 Å². The molecule has 2 nitrogen and oxygen atoms in total. The lowest BCUT2D eigenvalue weighted by Gasteiger charge is -2.24. The van der Waals surface area contributed by atoms with Crippen LogP contribution in [0.15, 0.2) is 0 Å². The highest BCUT2D eigenvalue weighted by atomic mass is 79.9. The average molecular weight is 262 g/mol. The summed E-state index contributed by atoms with van der Waals surface area (Å²) in [6.07, 6.45) is 5.81. The molecule has 3 heteroatoms. The molecule has 0 radical (unpaired) electrons. The third kappa shape index (κ3) is 3.99. The van der Waals surface area contributed by atoms with E-state index >= 15 is 0 Å². The number of halogens is 1. The summed E-state index contributed by atoms with van der Waals surface area (Å²) in [6, 6.07) is 0. The van der Waals surface area contributed by atoms with Crippen LogP contribution in [-0.2, 0) is 4.79 Å². The molecule has 0 atom stereocenters. The second kappa shape index (κ2) is 5.15. The first-order valence-electron chi connectivity index (χ1n) is 5.40. The standard InChI is InChI=1S/C11H20BrNO/c1-11(2,8-12)13-10(14)7-9-5-3-4-6-9/h9H,3-8H2,1-2H3,(H,13,14). The van der Waals surface area contributed by atoms with Crippen LogP contribution in [0.1, 0.15) is 46.0 Å². The van der Waals surface area contributed by atoms with Gasteiger partial charge in [-0.25, -0.2) is 0 Å². The van der Waals surface area contributed by atoms with Crippen LogP contribution in [0.5, 0.6) is 0 Å². The van der Waals surface area contributed by atoms with Crippen molar-refractivity contribution >= 4 is 21.8 Å². The van der Waals surface area contributed by atoms with Crippen LogP contribution in [0.2, 0.25) is 0 Å². The Kier molecular flexibility index (Phi) is 4.42. The maximum atomic E-state index is 11.6. The molecule has 1 saturated carbocycles. The quantitative estimate of drug-likeness (QED) is 0.775. The van der Waals surface area contributed by atoms with Gasteiger partial charge in [-0.2, -0.15) is 0 Å². The second-order valence-corrected chi connectivity index (χ2v) is 5.48. The molecule has 1 amide bonds. The van der Waals surface area contributed by atoms with Crippen molar-refractivity contribution in [3.63, 3.8) is 0 Å².